The number of carbonyl (C=O) groups is 4. The zero-order valence-corrected chi connectivity index (χ0v) is 23.9. The van der Waals surface area contributed by atoms with Gasteiger partial charge in [0.05, 0.1) is 27.9 Å². The Balaban J connectivity index is 1.52. The topological polar surface area (TPSA) is 138 Å². The number of hydrogen-bond acceptors (Lipinski definition) is 7. The lowest BCUT2D eigenvalue weighted by atomic mass is 9.56. The van der Waals surface area contributed by atoms with Crippen molar-refractivity contribution in [3.63, 3.8) is 0 Å². The summed E-state index contributed by atoms with van der Waals surface area (Å²) in [5.74, 6) is -8.87. The van der Waals surface area contributed by atoms with Gasteiger partial charge in [0.15, 0.2) is 21.3 Å². The van der Waals surface area contributed by atoms with Crippen LogP contribution in [0.15, 0.2) is 54.1 Å². The summed E-state index contributed by atoms with van der Waals surface area (Å²) in [6, 6.07) is 8.81. The number of aromatic hydroxyl groups is 1. The second kappa shape index (κ2) is 9.33. The number of benzene rings is 2. The number of non-ortho nitro benzene ring substituents is 1. The monoisotopic (exact) mass is 665 g/mol. The number of phenolic OH excluding ortho intramolecular Hbond substituents is 1. The second-order valence-corrected chi connectivity index (χ2v) is 12.2. The highest BCUT2D eigenvalue weighted by atomic mass is 79.9. The molecule has 14 heteroatoms. The van der Waals surface area contributed by atoms with Gasteiger partial charge in [-0.1, -0.05) is 45.8 Å². The molecule has 1 N–H and O–H groups in total. The lowest BCUT2D eigenvalue weighted by Crippen LogP contribution is -2.60. The first-order chi connectivity index (χ1) is 19.4. The van der Waals surface area contributed by atoms with Crippen molar-refractivity contribution in [2.75, 3.05) is 10.4 Å². The van der Waals surface area contributed by atoms with Crippen LogP contribution in [-0.2, 0) is 19.2 Å². The number of imide groups is 2. The number of nitrogens with zero attached hydrogens (tertiary/aromatic N) is 3. The fourth-order valence-electron chi connectivity index (χ4n) is 6.86. The molecule has 41 heavy (non-hydrogen) atoms. The highest BCUT2D eigenvalue weighted by Crippen LogP contribution is 2.66. The molecule has 0 spiro atoms. The first-order valence-electron chi connectivity index (χ1n) is 12.5. The fraction of sp³-hybridized carbons (Fsp3) is 0.333. The van der Waals surface area contributed by atoms with E-state index in [-0.39, 0.29) is 35.2 Å². The number of halogens is 4. The van der Waals surface area contributed by atoms with Crippen molar-refractivity contribution in [2.24, 2.45) is 17.8 Å². The third-order valence-electron chi connectivity index (χ3n) is 8.64. The quantitative estimate of drug-likeness (QED) is 0.128. The van der Waals surface area contributed by atoms with Crippen LogP contribution < -0.4 is 4.90 Å². The molecule has 6 atom stereocenters. The maximum Gasteiger partial charge on any atom is 0.271 e. The van der Waals surface area contributed by atoms with Crippen molar-refractivity contribution < 1.29 is 33.6 Å². The molecule has 0 unspecified atom stereocenters. The molecule has 4 aliphatic rings. The summed E-state index contributed by atoms with van der Waals surface area (Å²) in [4.78, 5) is 62.9. The Morgan fingerprint density at radius 3 is 2.46 bits per heavy atom. The van der Waals surface area contributed by atoms with Gasteiger partial charge >= 0.3 is 0 Å². The average Bonchev–Trinajstić information content (AvgIpc) is 3.28. The molecule has 1 saturated carbocycles. The largest absolute Gasteiger partial charge is 0.505 e. The van der Waals surface area contributed by atoms with E-state index in [2.05, 4.69) is 15.9 Å². The van der Waals surface area contributed by atoms with Crippen molar-refractivity contribution in [3.8, 4) is 5.75 Å². The van der Waals surface area contributed by atoms with Gasteiger partial charge in [-0.3, -0.25) is 34.2 Å². The molecule has 3 fully saturated rings. The molecule has 2 aromatic carbocycles. The summed E-state index contributed by atoms with van der Waals surface area (Å²) in [7, 11) is 0. The molecule has 0 bridgehead atoms. The Bertz CT molecular complexity index is 1620. The van der Waals surface area contributed by atoms with Crippen LogP contribution >= 0.6 is 39.1 Å². The van der Waals surface area contributed by atoms with Gasteiger partial charge in [0.1, 0.15) is 0 Å². The normalized spacial score (nSPS) is 32.5. The summed E-state index contributed by atoms with van der Waals surface area (Å²) >= 11 is 17.2. The van der Waals surface area contributed by atoms with Crippen molar-refractivity contribution in [1.82, 2.24) is 4.90 Å². The highest BCUT2D eigenvalue weighted by Gasteiger charge is 2.76. The van der Waals surface area contributed by atoms with Crippen LogP contribution in [0.1, 0.15) is 24.3 Å². The van der Waals surface area contributed by atoms with Crippen LogP contribution in [0.3, 0.4) is 0 Å². The van der Waals surface area contributed by atoms with Gasteiger partial charge in [0, 0.05) is 23.6 Å². The Hall–Kier alpha value is -3.35. The number of para-hydroxylation sites is 1. The average molecular weight is 667 g/mol. The van der Waals surface area contributed by atoms with E-state index in [9.17, 15) is 38.8 Å². The minimum Gasteiger partial charge on any atom is -0.505 e. The van der Waals surface area contributed by atoms with Gasteiger partial charge in [-0.2, -0.15) is 0 Å². The first-order valence-corrected chi connectivity index (χ1v) is 14.4. The zero-order valence-electron chi connectivity index (χ0n) is 20.8. The zero-order chi connectivity index (χ0) is 29.6. The first kappa shape index (κ1) is 27.8. The summed E-state index contributed by atoms with van der Waals surface area (Å²) < 4.78 is 14.6. The molecule has 2 saturated heterocycles. The Kier molecular flexibility index (Phi) is 6.33. The van der Waals surface area contributed by atoms with Crippen LogP contribution in [0.2, 0.25) is 0 Å². The molecule has 4 amide bonds. The molecule has 2 aliphatic carbocycles. The third kappa shape index (κ3) is 3.53. The van der Waals surface area contributed by atoms with Crippen LogP contribution in [-0.4, -0.2) is 53.8 Å². The van der Waals surface area contributed by atoms with Crippen molar-refractivity contribution >= 4 is 74.1 Å². The predicted octanol–water partition coefficient (Wildman–Crippen LogP) is 4.36. The summed E-state index contributed by atoms with van der Waals surface area (Å²) in [6.07, 6.45) is 1.37. The van der Waals surface area contributed by atoms with Crippen molar-refractivity contribution in [1.29, 1.82) is 0 Å². The Labute approximate surface area is 250 Å². The minimum absolute atomic E-state index is 0.0187. The molecule has 10 nitrogen and oxygen atoms in total. The number of likely N-dealkylation sites (tertiary alicyclic amines) is 1. The van der Waals surface area contributed by atoms with E-state index in [1.807, 2.05) is 0 Å². The number of nitro groups is 1. The summed E-state index contributed by atoms with van der Waals surface area (Å²) in [5, 5.41) is 22.1. The summed E-state index contributed by atoms with van der Waals surface area (Å²) in [6.45, 7) is 0. The summed E-state index contributed by atoms with van der Waals surface area (Å²) in [5.41, 5.74) is -0.247. The Morgan fingerprint density at radius 1 is 1.07 bits per heavy atom. The van der Waals surface area contributed by atoms with E-state index >= 15 is 0 Å². The minimum atomic E-state index is -2.19. The number of nitro benzene ring substituents is 1. The number of alkyl halides is 3. The molecular weight excluding hydrogens is 648 g/mol. The molecule has 2 aromatic rings. The third-order valence-corrected chi connectivity index (χ3v) is 10.6. The second-order valence-electron chi connectivity index (χ2n) is 10.5. The van der Waals surface area contributed by atoms with Gasteiger partial charge < -0.3 is 5.11 Å². The van der Waals surface area contributed by atoms with Crippen molar-refractivity contribution in [2.45, 2.75) is 28.5 Å². The highest BCUT2D eigenvalue weighted by molar-refractivity contribution is 9.09. The van der Waals surface area contributed by atoms with Crippen LogP contribution in [0.25, 0.3) is 0 Å². The molecule has 0 aromatic heterocycles. The van der Waals surface area contributed by atoms with Crippen molar-refractivity contribution in [3.05, 3.63) is 75.6 Å². The van der Waals surface area contributed by atoms with Crippen LogP contribution in [0.5, 0.6) is 5.75 Å². The van der Waals surface area contributed by atoms with Gasteiger partial charge in [0.25, 0.3) is 17.5 Å². The van der Waals surface area contributed by atoms with E-state index in [0.29, 0.717) is 5.57 Å². The SMILES string of the molecule is O=C1[C@H]2[C@H](CC=C3[C@H]2C[C@@]2(Cl)C(=O)N(CBr)C(=O)[C@@]2(Cl)[C@H]3c2cccc(F)c2O)C(=O)N1c1cccc([N+](=O)[O-])c1. The number of fused-ring (bicyclic) bond motifs is 4. The van der Waals surface area contributed by atoms with E-state index in [4.69, 9.17) is 23.2 Å². The van der Waals surface area contributed by atoms with E-state index in [0.717, 1.165) is 21.9 Å². The number of rotatable bonds is 4. The fourth-order valence-corrected chi connectivity index (χ4v) is 8.28. The van der Waals surface area contributed by atoms with Gasteiger partial charge in [0.2, 0.25) is 11.8 Å². The number of carbonyl (C=O) groups excluding carboxylic acids is 4. The number of amides is 4. The molecule has 2 heterocycles. The molecule has 6 rings (SSSR count). The molecule has 212 valence electrons. The van der Waals surface area contributed by atoms with E-state index in [1.165, 1.54) is 30.3 Å². The molecule has 2 aliphatic heterocycles. The van der Waals surface area contributed by atoms with Gasteiger partial charge in [-0.25, -0.2) is 9.29 Å². The van der Waals surface area contributed by atoms with E-state index in [1.54, 1.807) is 6.08 Å². The number of allylic oxidation sites excluding steroid dienone is 2. The lowest BCUT2D eigenvalue weighted by molar-refractivity contribution is -0.384. The van der Waals surface area contributed by atoms with Gasteiger partial charge in [-0.05, 0) is 30.9 Å². The number of hydrogen-bond donors (Lipinski definition) is 1. The van der Waals surface area contributed by atoms with Gasteiger partial charge in [-0.15, -0.1) is 23.2 Å². The van der Waals surface area contributed by atoms with Crippen LogP contribution in [0.4, 0.5) is 15.8 Å². The predicted molar refractivity (Wildman–Crippen MR) is 147 cm³/mol. The maximum atomic E-state index is 14.6. The standard InChI is InChI=1S/C27H19BrCl2FN3O7/c28-11-32-24(38)26(29)10-17-14(20(27(26,30)25(32)39)16-5-2-6-18(31)21(16)35)7-8-15-19(17)23(37)33(22(15)36)12-3-1-4-13(9-12)34(40)41/h1-7,9,15,17,19-20,35H,8,10-11H2/t15-,17+,19-,20+,26+,27-/m0/s1. The van der Waals surface area contributed by atoms with E-state index < -0.39 is 73.5 Å². The maximum absolute atomic E-state index is 14.6. The molecular formula is C27H19BrCl2FN3O7. The lowest BCUT2D eigenvalue weighted by Gasteiger charge is -2.50. The Morgan fingerprint density at radius 2 is 1.78 bits per heavy atom. The van der Waals surface area contributed by atoms with Crippen LogP contribution in [0, 0.1) is 33.7 Å². The smallest absolute Gasteiger partial charge is 0.271 e. The number of phenols is 1. The number of anilines is 1. The molecule has 0 radical (unpaired) electrons.